The molecular formula is C24H21NO. The average Bonchev–Trinajstić information content (AvgIpc) is 2.68. The molecule has 4 rings (SSSR count). The highest BCUT2D eigenvalue weighted by Crippen LogP contribution is 2.43. The number of carbonyl (C=O) groups excluding carboxylic acids is 1. The highest BCUT2D eigenvalue weighted by Gasteiger charge is 2.31. The van der Waals surface area contributed by atoms with Gasteiger partial charge < -0.3 is 4.90 Å². The second kappa shape index (κ2) is 7.01. The summed E-state index contributed by atoms with van der Waals surface area (Å²) in [7, 11) is 0. The predicted octanol–water partition coefficient (Wildman–Crippen LogP) is 5.73. The van der Waals surface area contributed by atoms with Crippen LogP contribution in [0.2, 0.25) is 0 Å². The molecule has 1 unspecified atom stereocenters. The van der Waals surface area contributed by atoms with Gasteiger partial charge in [-0.2, -0.15) is 0 Å². The molecule has 1 heterocycles. The molecule has 0 fully saturated rings. The predicted molar refractivity (Wildman–Crippen MR) is 108 cm³/mol. The van der Waals surface area contributed by atoms with Gasteiger partial charge in [0.15, 0.2) is 0 Å². The van der Waals surface area contributed by atoms with Crippen molar-refractivity contribution in [2.24, 2.45) is 0 Å². The first-order valence-electron chi connectivity index (χ1n) is 8.94. The summed E-state index contributed by atoms with van der Waals surface area (Å²) in [6, 6.07) is 29.1. The fourth-order valence-electron chi connectivity index (χ4n) is 3.68. The fourth-order valence-corrected chi connectivity index (χ4v) is 3.68. The number of benzene rings is 3. The van der Waals surface area contributed by atoms with Crippen LogP contribution >= 0.6 is 0 Å². The van der Waals surface area contributed by atoms with Crippen LogP contribution in [0.15, 0.2) is 84.9 Å². The molecule has 0 bridgehead atoms. The van der Waals surface area contributed by atoms with Crippen LogP contribution in [0, 0.1) is 0 Å². The average molecular weight is 339 g/mol. The Hall–Kier alpha value is -3.13. The summed E-state index contributed by atoms with van der Waals surface area (Å²) < 4.78 is 0. The third-order valence-electron chi connectivity index (χ3n) is 4.80. The first-order valence-corrected chi connectivity index (χ1v) is 8.94. The zero-order valence-corrected chi connectivity index (χ0v) is 14.8. The monoisotopic (exact) mass is 339 g/mol. The maximum atomic E-state index is 12.1. The van der Waals surface area contributed by atoms with Crippen LogP contribution in [0.3, 0.4) is 0 Å². The molecule has 0 aromatic heterocycles. The molecule has 1 aliphatic heterocycles. The molecular weight excluding hydrogens is 318 g/mol. The third kappa shape index (κ3) is 3.06. The minimum absolute atomic E-state index is 0.00805. The lowest BCUT2D eigenvalue weighted by Crippen LogP contribution is -2.31. The van der Waals surface area contributed by atoms with E-state index < -0.39 is 0 Å². The zero-order chi connectivity index (χ0) is 17.9. The maximum Gasteiger partial charge on any atom is 0.132 e. The van der Waals surface area contributed by atoms with Crippen molar-refractivity contribution < 1.29 is 4.79 Å². The smallest absolute Gasteiger partial charge is 0.132 e. The summed E-state index contributed by atoms with van der Waals surface area (Å²) in [5.74, 6) is 0.194. The number of para-hydroxylation sites is 1. The van der Waals surface area contributed by atoms with Crippen LogP contribution < -0.4 is 4.90 Å². The molecule has 1 aliphatic rings. The molecule has 0 amide bonds. The summed E-state index contributed by atoms with van der Waals surface area (Å²) in [6.45, 7) is 1.67. The third-order valence-corrected chi connectivity index (χ3v) is 4.80. The van der Waals surface area contributed by atoms with Gasteiger partial charge in [0.1, 0.15) is 5.78 Å². The van der Waals surface area contributed by atoms with Gasteiger partial charge in [-0.15, -0.1) is 0 Å². The van der Waals surface area contributed by atoms with E-state index in [1.165, 1.54) is 11.1 Å². The van der Waals surface area contributed by atoms with Crippen LogP contribution in [-0.4, -0.2) is 5.78 Å². The van der Waals surface area contributed by atoms with Gasteiger partial charge in [-0.1, -0.05) is 72.8 Å². The van der Waals surface area contributed by atoms with Crippen LogP contribution in [0.5, 0.6) is 0 Å². The maximum absolute atomic E-state index is 12.1. The van der Waals surface area contributed by atoms with E-state index in [2.05, 4.69) is 71.6 Å². The van der Waals surface area contributed by atoms with E-state index in [9.17, 15) is 4.79 Å². The Morgan fingerprint density at radius 3 is 2.15 bits per heavy atom. The van der Waals surface area contributed by atoms with Crippen LogP contribution in [0.25, 0.3) is 11.8 Å². The van der Waals surface area contributed by atoms with E-state index in [4.69, 9.17) is 0 Å². The quantitative estimate of drug-likeness (QED) is 0.605. The van der Waals surface area contributed by atoms with Gasteiger partial charge in [-0.25, -0.2) is 0 Å². The van der Waals surface area contributed by atoms with Crippen LogP contribution in [0.1, 0.15) is 36.1 Å². The van der Waals surface area contributed by atoms with Gasteiger partial charge in [-0.05, 0) is 41.8 Å². The normalized spacial score (nSPS) is 16.0. The van der Waals surface area contributed by atoms with E-state index >= 15 is 0 Å². The lowest BCUT2D eigenvalue weighted by Gasteiger charge is -2.39. The first-order chi connectivity index (χ1) is 12.7. The molecule has 3 aromatic rings. The second-order valence-corrected chi connectivity index (χ2v) is 6.65. The van der Waals surface area contributed by atoms with Crippen molar-refractivity contribution >= 4 is 23.2 Å². The molecule has 3 aromatic carbocycles. The van der Waals surface area contributed by atoms with Crippen LogP contribution in [-0.2, 0) is 4.79 Å². The highest BCUT2D eigenvalue weighted by atomic mass is 16.1. The molecule has 128 valence electrons. The molecule has 0 saturated heterocycles. The number of hydrogen-bond donors (Lipinski definition) is 0. The van der Waals surface area contributed by atoms with Gasteiger partial charge in [-0.3, -0.25) is 4.79 Å². The summed E-state index contributed by atoms with van der Waals surface area (Å²) in [5, 5.41) is 0. The molecule has 2 nitrogen and oxygen atoms in total. The number of Topliss-reactive ketones (excluding diaryl/α,β-unsaturated/α-hetero) is 1. The molecule has 0 N–H and O–H groups in total. The summed E-state index contributed by atoms with van der Waals surface area (Å²) in [6.07, 6.45) is 2.71. The van der Waals surface area contributed by atoms with Crippen molar-refractivity contribution in [2.75, 3.05) is 4.90 Å². The van der Waals surface area contributed by atoms with E-state index in [0.29, 0.717) is 6.42 Å². The van der Waals surface area contributed by atoms with E-state index in [-0.39, 0.29) is 11.8 Å². The number of anilines is 1. The topological polar surface area (TPSA) is 20.3 Å². The Kier molecular flexibility index (Phi) is 4.40. The Morgan fingerprint density at radius 1 is 0.846 bits per heavy atom. The molecule has 0 spiro atoms. The largest absolute Gasteiger partial charge is 0.333 e. The van der Waals surface area contributed by atoms with Gasteiger partial charge in [0, 0.05) is 17.8 Å². The van der Waals surface area contributed by atoms with Gasteiger partial charge in [0.05, 0.1) is 6.04 Å². The van der Waals surface area contributed by atoms with Gasteiger partial charge >= 0.3 is 0 Å². The minimum Gasteiger partial charge on any atom is -0.333 e. The Balaban J connectivity index is 1.94. The molecule has 0 aliphatic carbocycles. The number of ketones is 1. The number of nitrogens with zero attached hydrogens (tertiary/aromatic N) is 1. The van der Waals surface area contributed by atoms with Crippen molar-refractivity contribution in [2.45, 2.75) is 19.4 Å². The number of hydrogen-bond acceptors (Lipinski definition) is 2. The zero-order valence-electron chi connectivity index (χ0n) is 14.8. The van der Waals surface area contributed by atoms with E-state index in [1.54, 1.807) is 6.92 Å². The van der Waals surface area contributed by atoms with Crippen LogP contribution in [0.4, 0.5) is 5.69 Å². The summed E-state index contributed by atoms with van der Waals surface area (Å²) >= 11 is 0. The summed E-state index contributed by atoms with van der Waals surface area (Å²) in [5.41, 5.74) is 5.76. The second-order valence-electron chi connectivity index (χ2n) is 6.65. The van der Waals surface area contributed by atoms with Crippen molar-refractivity contribution in [3.8, 4) is 0 Å². The van der Waals surface area contributed by atoms with E-state index in [0.717, 1.165) is 16.9 Å². The molecule has 2 heteroatoms. The molecule has 26 heavy (non-hydrogen) atoms. The summed E-state index contributed by atoms with van der Waals surface area (Å²) in [4.78, 5) is 14.4. The van der Waals surface area contributed by atoms with E-state index in [1.807, 2.05) is 24.3 Å². The highest BCUT2D eigenvalue weighted by molar-refractivity contribution is 5.94. The number of rotatable bonds is 4. The molecule has 0 radical (unpaired) electrons. The van der Waals surface area contributed by atoms with Crippen molar-refractivity contribution in [1.82, 2.24) is 0 Å². The first kappa shape index (κ1) is 16.3. The Labute approximate surface area is 154 Å². The molecule has 0 saturated carbocycles. The Bertz CT molecular complexity index is 944. The SMILES string of the molecule is CC(=O)CC1c2ccccc2C=C(c2ccccc2)N1c1ccccc1. The van der Waals surface area contributed by atoms with Crippen molar-refractivity contribution in [3.63, 3.8) is 0 Å². The lowest BCUT2D eigenvalue weighted by atomic mass is 9.88. The Morgan fingerprint density at radius 2 is 1.46 bits per heavy atom. The van der Waals surface area contributed by atoms with Crippen molar-refractivity contribution in [1.29, 1.82) is 0 Å². The minimum atomic E-state index is -0.00805. The number of fused-ring (bicyclic) bond motifs is 1. The molecule has 1 atom stereocenters. The fraction of sp³-hybridized carbons (Fsp3) is 0.125. The van der Waals surface area contributed by atoms with Crippen molar-refractivity contribution in [3.05, 3.63) is 102 Å². The van der Waals surface area contributed by atoms with Gasteiger partial charge in [0.2, 0.25) is 0 Å². The lowest BCUT2D eigenvalue weighted by molar-refractivity contribution is -0.117. The number of carbonyl (C=O) groups is 1. The standard InChI is InChI=1S/C24H21NO/c1-18(26)16-24-22-15-9-8-12-20(22)17-23(19-10-4-2-5-11-19)25(24)21-13-6-3-7-14-21/h2-15,17,24H,16H2,1H3. The van der Waals surface area contributed by atoms with Gasteiger partial charge in [0.25, 0.3) is 0 Å².